The van der Waals surface area contributed by atoms with Crippen molar-refractivity contribution in [2.75, 3.05) is 0 Å². The fraction of sp³-hybridized carbons (Fsp3) is 0.545. The molecule has 1 aromatic rings. The van der Waals surface area contributed by atoms with Gasteiger partial charge in [-0.2, -0.15) is 0 Å². The number of pyridine rings is 1. The summed E-state index contributed by atoms with van der Waals surface area (Å²) in [5, 5.41) is 0. The molecule has 0 amide bonds. The van der Waals surface area contributed by atoms with Gasteiger partial charge in [0.25, 0.3) is 0 Å². The lowest BCUT2D eigenvalue weighted by molar-refractivity contribution is 0.753. The Morgan fingerprint density at radius 3 is 2.13 bits per heavy atom. The van der Waals surface area contributed by atoms with Crippen molar-refractivity contribution in [3.05, 3.63) is 28.5 Å². The highest BCUT2D eigenvalue weighted by Gasteiger charge is 2.01. The van der Waals surface area contributed by atoms with Crippen LogP contribution in [0.3, 0.4) is 0 Å². The largest absolute Gasteiger partial charge is 0.260 e. The molecule has 0 bridgehead atoms. The van der Waals surface area contributed by atoms with Gasteiger partial charge in [-0.25, -0.2) is 4.98 Å². The van der Waals surface area contributed by atoms with E-state index in [1.165, 1.54) is 0 Å². The van der Waals surface area contributed by atoms with E-state index >= 15 is 0 Å². The fourth-order valence-electron chi connectivity index (χ4n) is 0.718. The molecule has 4 heteroatoms. The van der Waals surface area contributed by atoms with Crippen molar-refractivity contribution in [1.29, 1.82) is 0 Å². The average Bonchev–Trinajstić information content (AvgIpc) is 2.34. The lowest BCUT2D eigenvalue weighted by atomic mass is 10.2. The fourth-order valence-corrected chi connectivity index (χ4v) is 1.10. The molecule has 1 heterocycles. The van der Waals surface area contributed by atoms with Gasteiger partial charge in [-0.15, -0.1) is 0 Å². The molecule has 15 heavy (non-hydrogen) atoms. The quantitative estimate of drug-likeness (QED) is 0.624. The Hall–Kier alpha value is -0.0600. The second kappa shape index (κ2) is 12.0. The van der Waals surface area contributed by atoms with Crippen molar-refractivity contribution in [1.82, 2.24) is 9.71 Å². The number of aromatic nitrogens is 1. The second-order valence-electron chi connectivity index (χ2n) is 2.27. The van der Waals surface area contributed by atoms with Gasteiger partial charge in [0.1, 0.15) is 4.60 Å². The van der Waals surface area contributed by atoms with Gasteiger partial charge in [0.05, 0.1) is 0 Å². The molecule has 0 spiro atoms. The molecule has 0 aliphatic carbocycles. The van der Waals surface area contributed by atoms with Crippen molar-refractivity contribution < 1.29 is 0 Å². The van der Waals surface area contributed by atoms with E-state index in [1.807, 2.05) is 52.9 Å². The molecule has 88 valence electrons. The van der Waals surface area contributed by atoms with Gasteiger partial charge in [0, 0.05) is 12.2 Å². The van der Waals surface area contributed by atoms with Crippen LogP contribution in [0.25, 0.3) is 0 Å². The summed E-state index contributed by atoms with van der Waals surface area (Å²) >= 11 is 7.23. The molecule has 0 fully saturated rings. The van der Waals surface area contributed by atoms with E-state index in [-0.39, 0.29) is 6.04 Å². The van der Waals surface area contributed by atoms with Crippen LogP contribution >= 0.6 is 28.7 Å². The smallest absolute Gasteiger partial charge is 0.106 e. The molecule has 0 aromatic carbocycles. The lowest BCUT2D eigenvalue weighted by Gasteiger charge is -2.07. The molecule has 1 atom stereocenters. The van der Waals surface area contributed by atoms with Crippen LogP contribution in [-0.4, -0.2) is 4.98 Å². The van der Waals surface area contributed by atoms with E-state index in [0.29, 0.717) is 0 Å². The second-order valence-corrected chi connectivity index (χ2v) is 3.34. The molecule has 0 saturated carbocycles. The van der Waals surface area contributed by atoms with Crippen molar-refractivity contribution in [3.8, 4) is 0 Å². The van der Waals surface area contributed by atoms with Crippen LogP contribution in [0.5, 0.6) is 0 Å². The van der Waals surface area contributed by atoms with Gasteiger partial charge in [-0.05, 0) is 34.5 Å². The van der Waals surface area contributed by atoms with E-state index in [2.05, 4.69) is 38.5 Å². The van der Waals surface area contributed by atoms with Crippen molar-refractivity contribution in [3.63, 3.8) is 0 Å². The third kappa shape index (κ3) is 7.82. The zero-order chi connectivity index (χ0) is 12.3. The Labute approximate surface area is 108 Å². The van der Waals surface area contributed by atoms with Gasteiger partial charge in [-0.3, -0.25) is 4.72 Å². The average molecular weight is 293 g/mol. The maximum absolute atomic E-state index is 4.09. The summed E-state index contributed by atoms with van der Waals surface area (Å²) in [5.41, 5.74) is 1.13. The molecule has 1 unspecified atom stereocenters. The predicted octanol–water partition coefficient (Wildman–Crippen LogP) is 4.39. The number of hydrogen-bond donors (Lipinski definition) is 2. The number of rotatable bonds is 2. The number of thiol groups is 1. The van der Waals surface area contributed by atoms with Crippen LogP contribution in [0.2, 0.25) is 0 Å². The first-order valence-electron chi connectivity index (χ1n) is 5.25. The molecule has 0 aliphatic heterocycles. The Morgan fingerprint density at radius 2 is 1.80 bits per heavy atom. The molecule has 0 saturated heterocycles. The molecule has 1 aromatic heterocycles. The summed E-state index contributed by atoms with van der Waals surface area (Å²) in [6.07, 6.45) is 1.82. The summed E-state index contributed by atoms with van der Waals surface area (Å²) in [5.74, 6) is 0. The maximum atomic E-state index is 4.09. The van der Waals surface area contributed by atoms with E-state index in [0.717, 1.165) is 10.2 Å². The Kier molecular flexibility index (Phi) is 13.9. The zero-order valence-electron chi connectivity index (χ0n) is 10.1. The van der Waals surface area contributed by atoms with Crippen LogP contribution in [-0.2, 0) is 0 Å². The first-order chi connectivity index (χ1) is 7.24. The van der Waals surface area contributed by atoms with Crippen molar-refractivity contribution in [2.24, 2.45) is 0 Å². The molecule has 0 aliphatic rings. The minimum atomic E-state index is 0.235. The minimum absolute atomic E-state index is 0.235. The van der Waals surface area contributed by atoms with E-state index < -0.39 is 0 Å². The summed E-state index contributed by atoms with van der Waals surface area (Å²) in [7, 11) is 0. The van der Waals surface area contributed by atoms with E-state index in [4.69, 9.17) is 0 Å². The molecule has 0 radical (unpaired) electrons. The Morgan fingerprint density at radius 1 is 1.27 bits per heavy atom. The van der Waals surface area contributed by atoms with Gasteiger partial charge >= 0.3 is 0 Å². The molecule has 1 rings (SSSR count). The summed E-state index contributed by atoms with van der Waals surface area (Å²) in [6, 6.07) is 4.15. The summed E-state index contributed by atoms with van der Waals surface area (Å²) < 4.78 is 3.69. The Balaban J connectivity index is 0. The molecular formula is C11H21BrN2S. The molecular weight excluding hydrogens is 272 g/mol. The number of nitrogens with zero attached hydrogens (tertiary/aromatic N) is 1. The van der Waals surface area contributed by atoms with E-state index in [9.17, 15) is 0 Å². The molecule has 2 nitrogen and oxygen atoms in total. The summed E-state index contributed by atoms with van der Waals surface area (Å²) in [6.45, 7) is 10.0. The molecule has 1 N–H and O–H groups in total. The normalized spacial score (nSPS) is 10.3. The standard InChI is InChI=1S/C7H9BrN2S.2C2H6/c1-5(10-11)6-2-3-7(8)9-4-6;2*1-2/h2-5,10-11H,1H3;2*1-2H3. The van der Waals surface area contributed by atoms with Crippen LogP contribution in [0.1, 0.15) is 46.2 Å². The number of hydrogen-bond acceptors (Lipinski definition) is 3. The first kappa shape index (κ1) is 17.3. The highest BCUT2D eigenvalue weighted by Crippen LogP contribution is 2.13. The van der Waals surface area contributed by atoms with Crippen LogP contribution < -0.4 is 4.72 Å². The summed E-state index contributed by atoms with van der Waals surface area (Å²) in [4.78, 5) is 4.09. The SMILES string of the molecule is CC.CC.CC(NS)c1ccc(Br)nc1. The van der Waals surface area contributed by atoms with E-state index in [1.54, 1.807) is 0 Å². The van der Waals surface area contributed by atoms with Gasteiger partial charge in [0.2, 0.25) is 0 Å². The van der Waals surface area contributed by atoms with Gasteiger partial charge in [-0.1, -0.05) is 46.6 Å². The van der Waals surface area contributed by atoms with Crippen molar-refractivity contribution in [2.45, 2.75) is 40.7 Å². The van der Waals surface area contributed by atoms with Crippen LogP contribution in [0.4, 0.5) is 0 Å². The third-order valence-corrected chi connectivity index (χ3v) is 2.30. The topological polar surface area (TPSA) is 24.9 Å². The third-order valence-electron chi connectivity index (χ3n) is 1.44. The highest BCUT2D eigenvalue weighted by atomic mass is 79.9. The van der Waals surface area contributed by atoms with Gasteiger partial charge in [0.15, 0.2) is 0 Å². The van der Waals surface area contributed by atoms with Gasteiger partial charge < -0.3 is 0 Å². The van der Waals surface area contributed by atoms with Crippen molar-refractivity contribution >= 4 is 28.7 Å². The van der Waals surface area contributed by atoms with Crippen LogP contribution in [0, 0.1) is 0 Å². The predicted molar refractivity (Wildman–Crippen MR) is 75.2 cm³/mol. The zero-order valence-corrected chi connectivity index (χ0v) is 12.6. The maximum Gasteiger partial charge on any atom is 0.106 e. The first-order valence-corrected chi connectivity index (χ1v) is 6.49. The minimum Gasteiger partial charge on any atom is -0.260 e. The van der Waals surface area contributed by atoms with Crippen LogP contribution in [0.15, 0.2) is 22.9 Å². The Bertz CT molecular complexity index is 227. The monoisotopic (exact) mass is 292 g/mol. The number of nitrogens with one attached hydrogen (secondary N) is 1. The highest BCUT2D eigenvalue weighted by molar-refractivity contribution is 9.10. The number of halogens is 1. The lowest BCUT2D eigenvalue weighted by Crippen LogP contribution is -2.06.